The number of carbonyl (C=O) groups excluding carboxylic acids is 1. The van der Waals surface area contributed by atoms with Crippen molar-refractivity contribution in [2.24, 2.45) is 5.41 Å². The van der Waals surface area contributed by atoms with Crippen LogP contribution in [-0.2, 0) is 4.79 Å². The molecule has 0 aliphatic carbocycles. The summed E-state index contributed by atoms with van der Waals surface area (Å²) in [7, 11) is 4.06. The van der Waals surface area contributed by atoms with Gasteiger partial charge in [0.05, 0.1) is 18.7 Å². The van der Waals surface area contributed by atoms with Gasteiger partial charge in [-0.1, -0.05) is 26.0 Å². The molecular formula is C16H27N3O2. The van der Waals surface area contributed by atoms with Crippen molar-refractivity contribution in [3.63, 3.8) is 0 Å². The van der Waals surface area contributed by atoms with Crippen molar-refractivity contribution in [1.29, 1.82) is 0 Å². The molecule has 1 aromatic rings. The summed E-state index contributed by atoms with van der Waals surface area (Å²) in [5.41, 5.74) is 6.40. The van der Waals surface area contributed by atoms with Crippen LogP contribution in [0.25, 0.3) is 0 Å². The Labute approximate surface area is 127 Å². The van der Waals surface area contributed by atoms with E-state index in [1.807, 2.05) is 26.2 Å². The Morgan fingerprint density at radius 3 is 2.62 bits per heavy atom. The third-order valence-electron chi connectivity index (χ3n) is 3.01. The van der Waals surface area contributed by atoms with E-state index in [-0.39, 0.29) is 11.3 Å². The third-order valence-corrected chi connectivity index (χ3v) is 3.01. The summed E-state index contributed by atoms with van der Waals surface area (Å²) in [5, 5.41) is 2.95. The van der Waals surface area contributed by atoms with Gasteiger partial charge in [-0.25, -0.2) is 0 Å². The Balaban J connectivity index is 2.27. The SMILES string of the molecule is CN(C)CC(C)(C)CNC(=O)CCOc1ccccc1N. The van der Waals surface area contributed by atoms with E-state index >= 15 is 0 Å². The molecule has 21 heavy (non-hydrogen) atoms. The molecule has 1 aromatic carbocycles. The summed E-state index contributed by atoms with van der Waals surface area (Å²) in [5.74, 6) is 0.620. The molecule has 0 radical (unpaired) electrons. The summed E-state index contributed by atoms with van der Waals surface area (Å²) in [6, 6.07) is 7.28. The predicted molar refractivity (Wildman–Crippen MR) is 86.3 cm³/mol. The Hall–Kier alpha value is -1.75. The number of carbonyl (C=O) groups is 1. The number of benzene rings is 1. The van der Waals surface area contributed by atoms with Gasteiger partial charge in [-0.2, -0.15) is 0 Å². The molecule has 0 unspecified atom stereocenters. The van der Waals surface area contributed by atoms with E-state index < -0.39 is 0 Å². The molecule has 0 spiro atoms. The summed E-state index contributed by atoms with van der Waals surface area (Å²) < 4.78 is 5.51. The zero-order valence-corrected chi connectivity index (χ0v) is 13.5. The van der Waals surface area contributed by atoms with Crippen LogP contribution in [-0.4, -0.2) is 44.6 Å². The standard InChI is InChI=1S/C16H27N3O2/c1-16(2,12-19(3)4)11-18-15(20)9-10-21-14-8-6-5-7-13(14)17/h5-8H,9-12,17H2,1-4H3,(H,18,20). The van der Waals surface area contributed by atoms with Crippen LogP contribution >= 0.6 is 0 Å². The fourth-order valence-corrected chi connectivity index (χ4v) is 2.20. The van der Waals surface area contributed by atoms with Crippen LogP contribution in [0.3, 0.4) is 0 Å². The van der Waals surface area contributed by atoms with E-state index in [2.05, 4.69) is 24.1 Å². The average Bonchev–Trinajstić information content (AvgIpc) is 2.37. The van der Waals surface area contributed by atoms with Gasteiger partial charge in [0, 0.05) is 13.1 Å². The van der Waals surface area contributed by atoms with Crippen molar-refractivity contribution in [2.75, 3.05) is 39.5 Å². The van der Waals surface area contributed by atoms with E-state index in [4.69, 9.17) is 10.5 Å². The quantitative estimate of drug-likeness (QED) is 0.717. The van der Waals surface area contributed by atoms with E-state index in [1.54, 1.807) is 12.1 Å². The van der Waals surface area contributed by atoms with Crippen molar-refractivity contribution < 1.29 is 9.53 Å². The molecule has 0 aliphatic heterocycles. The Morgan fingerprint density at radius 2 is 2.00 bits per heavy atom. The maximum Gasteiger partial charge on any atom is 0.223 e. The molecule has 0 atom stereocenters. The van der Waals surface area contributed by atoms with Crippen LogP contribution in [0.5, 0.6) is 5.75 Å². The molecule has 5 nitrogen and oxygen atoms in total. The number of nitrogens with one attached hydrogen (secondary N) is 1. The Kier molecular flexibility index (Phi) is 6.49. The average molecular weight is 293 g/mol. The normalized spacial score (nSPS) is 11.5. The molecule has 3 N–H and O–H groups in total. The number of para-hydroxylation sites is 2. The van der Waals surface area contributed by atoms with Gasteiger partial charge in [0.1, 0.15) is 5.75 Å². The first-order valence-electron chi connectivity index (χ1n) is 7.19. The molecule has 0 bridgehead atoms. The van der Waals surface area contributed by atoms with Crippen LogP contribution in [0, 0.1) is 5.41 Å². The summed E-state index contributed by atoms with van der Waals surface area (Å²) >= 11 is 0. The van der Waals surface area contributed by atoms with Crippen molar-refractivity contribution in [2.45, 2.75) is 20.3 Å². The number of hydrogen-bond acceptors (Lipinski definition) is 4. The fraction of sp³-hybridized carbons (Fsp3) is 0.562. The highest BCUT2D eigenvalue weighted by Gasteiger charge is 2.19. The molecule has 0 heterocycles. The maximum absolute atomic E-state index is 11.8. The molecule has 0 aromatic heterocycles. The summed E-state index contributed by atoms with van der Waals surface area (Å²) in [6.07, 6.45) is 0.326. The number of nitrogen functional groups attached to an aromatic ring is 1. The zero-order chi connectivity index (χ0) is 15.9. The third kappa shape index (κ3) is 6.99. The van der Waals surface area contributed by atoms with Crippen LogP contribution in [0.2, 0.25) is 0 Å². The topological polar surface area (TPSA) is 67.6 Å². The summed E-state index contributed by atoms with van der Waals surface area (Å²) in [6.45, 7) is 6.17. The molecule has 118 valence electrons. The van der Waals surface area contributed by atoms with E-state index in [0.29, 0.717) is 31.0 Å². The molecule has 0 fully saturated rings. The lowest BCUT2D eigenvalue weighted by Gasteiger charge is -2.28. The molecule has 1 rings (SSSR count). The number of nitrogens with two attached hydrogens (primary N) is 1. The van der Waals surface area contributed by atoms with E-state index in [0.717, 1.165) is 6.54 Å². The highest BCUT2D eigenvalue weighted by Crippen LogP contribution is 2.19. The number of amides is 1. The fourth-order valence-electron chi connectivity index (χ4n) is 2.20. The summed E-state index contributed by atoms with van der Waals surface area (Å²) in [4.78, 5) is 13.9. The minimum Gasteiger partial charge on any atom is -0.491 e. The lowest BCUT2D eigenvalue weighted by Crippen LogP contribution is -2.40. The van der Waals surface area contributed by atoms with Crippen molar-refractivity contribution in [3.8, 4) is 5.75 Å². The number of rotatable bonds is 8. The monoisotopic (exact) mass is 293 g/mol. The first-order valence-corrected chi connectivity index (χ1v) is 7.19. The second-order valence-electron chi connectivity index (χ2n) is 6.32. The number of hydrogen-bond donors (Lipinski definition) is 2. The Morgan fingerprint density at radius 1 is 1.33 bits per heavy atom. The van der Waals surface area contributed by atoms with Gasteiger partial charge in [-0.05, 0) is 31.6 Å². The van der Waals surface area contributed by atoms with Gasteiger partial charge in [-0.3, -0.25) is 4.79 Å². The molecule has 0 saturated heterocycles. The first kappa shape index (κ1) is 17.3. The lowest BCUT2D eigenvalue weighted by atomic mass is 9.93. The second kappa shape index (κ2) is 7.88. The molecule has 1 amide bonds. The minimum atomic E-state index is -0.00339. The van der Waals surface area contributed by atoms with Gasteiger partial charge in [0.15, 0.2) is 0 Å². The second-order valence-corrected chi connectivity index (χ2v) is 6.32. The maximum atomic E-state index is 11.8. The lowest BCUT2D eigenvalue weighted by molar-refractivity contribution is -0.122. The van der Waals surface area contributed by atoms with Gasteiger partial charge < -0.3 is 20.7 Å². The smallest absolute Gasteiger partial charge is 0.223 e. The Bertz CT molecular complexity index is 459. The molecule has 0 saturated carbocycles. The van der Waals surface area contributed by atoms with Crippen molar-refractivity contribution >= 4 is 11.6 Å². The predicted octanol–water partition coefficient (Wildman–Crippen LogP) is 1.74. The van der Waals surface area contributed by atoms with Gasteiger partial charge in [-0.15, -0.1) is 0 Å². The first-order chi connectivity index (χ1) is 9.80. The van der Waals surface area contributed by atoms with Gasteiger partial charge in [0.25, 0.3) is 0 Å². The van der Waals surface area contributed by atoms with Crippen LogP contribution in [0.4, 0.5) is 5.69 Å². The minimum absolute atomic E-state index is 0.00339. The number of nitrogens with zero attached hydrogens (tertiary/aromatic N) is 1. The van der Waals surface area contributed by atoms with Crippen molar-refractivity contribution in [1.82, 2.24) is 10.2 Å². The van der Waals surface area contributed by atoms with Crippen LogP contribution in [0.1, 0.15) is 20.3 Å². The molecule has 0 aliphatic rings. The van der Waals surface area contributed by atoms with Gasteiger partial charge in [0.2, 0.25) is 5.91 Å². The highest BCUT2D eigenvalue weighted by atomic mass is 16.5. The van der Waals surface area contributed by atoms with Crippen molar-refractivity contribution in [3.05, 3.63) is 24.3 Å². The number of anilines is 1. The number of ether oxygens (including phenoxy) is 1. The molecular weight excluding hydrogens is 266 g/mol. The van der Waals surface area contributed by atoms with E-state index in [1.165, 1.54) is 0 Å². The van der Waals surface area contributed by atoms with Crippen LogP contribution in [0.15, 0.2) is 24.3 Å². The molecule has 5 heteroatoms. The largest absolute Gasteiger partial charge is 0.491 e. The van der Waals surface area contributed by atoms with Crippen LogP contribution < -0.4 is 15.8 Å². The van der Waals surface area contributed by atoms with E-state index in [9.17, 15) is 4.79 Å². The van der Waals surface area contributed by atoms with Gasteiger partial charge >= 0.3 is 0 Å². The highest BCUT2D eigenvalue weighted by molar-refractivity contribution is 5.76. The zero-order valence-electron chi connectivity index (χ0n) is 13.5.